The Balaban J connectivity index is 1.31. The number of methoxy groups -OCH3 is 1. The summed E-state index contributed by atoms with van der Waals surface area (Å²) in [5, 5.41) is 12.3. The van der Waals surface area contributed by atoms with Crippen molar-refractivity contribution < 1.29 is 28.7 Å². The van der Waals surface area contributed by atoms with E-state index in [0.29, 0.717) is 16.7 Å². The predicted octanol–water partition coefficient (Wildman–Crippen LogP) is 4.94. The molecule has 1 aliphatic heterocycles. The van der Waals surface area contributed by atoms with Crippen LogP contribution in [0.15, 0.2) is 103 Å². The molecule has 9 heteroatoms. The van der Waals surface area contributed by atoms with Crippen LogP contribution in [0.2, 0.25) is 0 Å². The Morgan fingerprint density at radius 1 is 0.857 bits per heavy atom. The molecule has 5 rings (SSSR count). The Hall–Kier alpha value is -6.01. The molecule has 0 atom stereocenters. The molecule has 206 valence electrons. The Morgan fingerprint density at radius 3 is 2.21 bits per heavy atom. The maximum absolute atomic E-state index is 13.0. The van der Waals surface area contributed by atoms with Gasteiger partial charge in [0, 0.05) is 6.54 Å². The van der Waals surface area contributed by atoms with E-state index in [-0.39, 0.29) is 34.9 Å². The maximum atomic E-state index is 13.0. The minimum Gasteiger partial charge on any atom is -0.493 e. The van der Waals surface area contributed by atoms with Gasteiger partial charge in [0.15, 0.2) is 11.5 Å². The largest absolute Gasteiger partial charge is 0.493 e. The van der Waals surface area contributed by atoms with Crippen LogP contribution >= 0.6 is 0 Å². The molecule has 1 aliphatic rings. The average molecular weight is 558 g/mol. The van der Waals surface area contributed by atoms with Crippen molar-refractivity contribution in [2.75, 3.05) is 12.0 Å². The molecule has 9 nitrogen and oxygen atoms in total. The zero-order chi connectivity index (χ0) is 29.6. The number of rotatable bonds is 8. The minimum atomic E-state index is -0.743. The zero-order valence-corrected chi connectivity index (χ0v) is 22.4. The highest BCUT2D eigenvalue weighted by Crippen LogP contribution is 2.31. The fraction of sp³-hybridized carbons (Fsp3) is 0.0606. The first-order valence-corrected chi connectivity index (χ1v) is 12.8. The number of nitriles is 1. The van der Waals surface area contributed by atoms with E-state index in [0.717, 1.165) is 10.5 Å². The third kappa shape index (κ3) is 5.64. The molecule has 0 fully saturated rings. The number of imide groups is 1. The Morgan fingerprint density at radius 2 is 1.55 bits per heavy atom. The molecule has 4 aromatic carbocycles. The number of esters is 1. The fourth-order valence-electron chi connectivity index (χ4n) is 4.40. The average Bonchev–Trinajstić information content (AvgIpc) is 3.28. The van der Waals surface area contributed by atoms with Gasteiger partial charge in [-0.05, 0) is 59.7 Å². The molecule has 0 radical (unpaired) electrons. The first-order valence-electron chi connectivity index (χ1n) is 12.8. The lowest BCUT2D eigenvalue weighted by molar-refractivity contribution is -0.117. The number of hydrogen-bond donors (Lipinski definition) is 1. The van der Waals surface area contributed by atoms with Gasteiger partial charge in [-0.3, -0.25) is 14.4 Å². The molecule has 0 saturated carbocycles. The van der Waals surface area contributed by atoms with Gasteiger partial charge >= 0.3 is 5.97 Å². The highest BCUT2D eigenvalue weighted by molar-refractivity contribution is 6.34. The summed E-state index contributed by atoms with van der Waals surface area (Å²) in [6, 6.07) is 28.3. The van der Waals surface area contributed by atoms with Gasteiger partial charge in [0.1, 0.15) is 11.6 Å². The first-order chi connectivity index (χ1) is 20.4. The van der Waals surface area contributed by atoms with E-state index in [9.17, 15) is 24.4 Å². The molecule has 1 N–H and O–H groups in total. The number of amides is 3. The second-order valence-corrected chi connectivity index (χ2v) is 9.18. The number of nitrogens with zero attached hydrogens (tertiary/aromatic N) is 2. The van der Waals surface area contributed by atoms with Crippen LogP contribution in [0.4, 0.5) is 5.69 Å². The van der Waals surface area contributed by atoms with Crippen LogP contribution in [-0.2, 0) is 11.3 Å². The third-order valence-corrected chi connectivity index (χ3v) is 6.50. The lowest BCUT2D eigenvalue weighted by Crippen LogP contribution is -2.29. The SMILES string of the molecule is COc1cc(/C=C(\C#N)C(=O)NCc2ccccc2)ccc1OC(=O)c1cccc(N2C(=O)c3ccccc3C2=O)c1. The molecule has 0 unspecified atom stereocenters. The molecule has 0 aromatic heterocycles. The summed E-state index contributed by atoms with van der Waals surface area (Å²) in [6.07, 6.45) is 1.40. The van der Waals surface area contributed by atoms with Crippen LogP contribution in [0.1, 0.15) is 42.2 Å². The first kappa shape index (κ1) is 27.6. The van der Waals surface area contributed by atoms with E-state index in [1.807, 2.05) is 36.4 Å². The molecule has 0 spiro atoms. The molecule has 1 heterocycles. The monoisotopic (exact) mass is 557 g/mol. The number of anilines is 1. The van der Waals surface area contributed by atoms with Gasteiger partial charge < -0.3 is 14.8 Å². The van der Waals surface area contributed by atoms with Crippen molar-refractivity contribution in [2.45, 2.75) is 6.54 Å². The van der Waals surface area contributed by atoms with Crippen molar-refractivity contribution >= 4 is 35.5 Å². The van der Waals surface area contributed by atoms with Crippen LogP contribution in [0.5, 0.6) is 11.5 Å². The molecule has 4 aromatic rings. The standard InChI is InChI=1S/C33H23N3O6/c1-41-29-17-22(16-24(19-34)30(37)35-20-21-8-3-2-4-9-21)14-15-28(29)42-33(40)23-10-7-11-25(18-23)36-31(38)26-12-5-6-13-27(26)32(36)39/h2-18H,20H2,1H3,(H,35,37)/b24-16+. The Labute approximate surface area is 241 Å². The van der Waals surface area contributed by atoms with Gasteiger partial charge in [-0.15, -0.1) is 0 Å². The van der Waals surface area contributed by atoms with Gasteiger partial charge in [0.05, 0.1) is 29.5 Å². The van der Waals surface area contributed by atoms with Crippen LogP contribution in [0.25, 0.3) is 6.08 Å². The molecule has 0 bridgehead atoms. The third-order valence-electron chi connectivity index (χ3n) is 6.50. The molecule has 0 saturated heterocycles. The Bertz CT molecular complexity index is 1750. The summed E-state index contributed by atoms with van der Waals surface area (Å²) in [5.41, 5.74) is 2.19. The zero-order valence-electron chi connectivity index (χ0n) is 22.4. The minimum absolute atomic E-state index is 0.0952. The van der Waals surface area contributed by atoms with Crippen LogP contribution in [-0.4, -0.2) is 30.8 Å². The topological polar surface area (TPSA) is 126 Å². The second kappa shape index (κ2) is 12.0. The number of fused-ring (bicyclic) bond motifs is 1. The number of ether oxygens (including phenoxy) is 2. The smallest absolute Gasteiger partial charge is 0.343 e. The predicted molar refractivity (Wildman–Crippen MR) is 154 cm³/mol. The molecular weight excluding hydrogens is 534 g/mol. The molecule has 3 amide bonds. The van der Waals surface area contributed by atoms with E-state index in [2.05, 4.69) is 5.32 Å². The van der Waals surface area contributed by atoms with E-state index < -0.39 is 23.7 Å². The van der Waals surface area contributed by atoms with E-state index in [1.165, 1.54) is 37.5 Å². The van der Waals surface area contributed by atoms with Crippen LogP contribution in [0.3, 0.4) is 0 Å². The summed E-state index contributed by atoms with van der Waals surface area (Å²) in [5.74, 6) is -1.94. The summed E-state index contributed by atoms with van der Waals surface area (Å²) >= 11 is 0. The highest BCUT2D eigenvalue weighted by atomic mass is 16.6. The highest BCUT2D eigenvalue weighted by Gasteiger charge is 2.36. The fourth-order valence-corrected chi connectivity index (χ4v) is 4.40. The van der Waals surface area contributed by atoms with E-state index >= 15 is 0 Å². The summed E-state index contributed by atoms with van der Waals surface area (Å²) in [7, 11) is 1.39. The van der Waals surface area contributed by atoms with Gasteiger partial charge in [-0.1, -0.05) is 54.6 Å². The number of benzene rings is 4. The van der Waals surface area contributed by atoms with Crippen molar-refractivity contribution in [1.29, 1.82) is 5.26 Å². The van der Waals surface area contributed by atoms with Gasteiger partial charge in [-0.25, -0.2) is 9.69 Å². The lowest BCUT2D eigenvalue weighted by atomic mass is 10.1. The van der Waals surface area contributed by atoms with Crippen molar-refractivity contribution in [3.05, 3.63) is 130 Å². The summed E-state index contributed by atoms with van der Waals surface area (Å²) in [4.78, 5) is 52.3. The van der Waals surface area contributed by atoms with Gasteiger partial charge in [0.25, 0.3) is 17.7 Å². The lowest BCUT2D eigenvalue weighted by Gasteiger charge is -2.15. The Kier molecular flexibility index (Phi) is 7.89. The number of hydrogen-bond acceptors (Lipinski definition) is 7. The molecular formula is C33H23N3O6. The second-order valence-electron chi connectivity index (χ2n) is 9.18. The van der Waals surface area contributed by atoms with Crippen molar-refractivity contribution in [3.8, 4) is 17.6 Å². The van der Waals surface area contributed by atoms with Crippen molar-refractivity contribution in [3.63, 3.8) is 0 Å². The number of carbonyl (C=O) groups excluding carboxylic acids is 4. The van der Waals surface area contributed by atoms with E-state index in [4.69, 9.17) is 9.47 Å². The quantitative estimate of drug-likeness (QED) is 0.107. The molecule has 42 heavy (non-hydrogen) atoms. The summed E-state index contributed by atoms with van der Waals surface area (Å²) in [6.45, 7) is 0.269. The summed E-state index contributed by atoms with van der Waals surface area (Å²) < 4.78 is 10.9. The van der Waals surface area contributed by atoms with Gasteiger partial charge in [0.2, 0.25) is 0 Å². The van der Waals surface area contributed by atoms with E-state index in [1.54, 1.807) is 42.5 Å². The van der Waals surface area contributed by atoms with Crippen molar-refractivity contribution in [1.82, 2.24) is 5.32 Å². The van der Waals surface area contributed by atoms with Gasteiger partial charge in [-0.2, -0.15) is 5.26 Å². The van der Waals surface area contributed by atoms with Crippen LogP contribution in [0, 0.1) is 11.3 Å². The number of carbonyl (C=O) groups is 4. The normalized spacial score (nSPS) is 12.4. The number of nitrogens with one attached hydrogen (secondary N) is 1. The molecule has 0 aliphatic carbocycles. The maximum Gasteiger partial charge on any atom is 0.343 e. The van der Waals surface area contributed by atoms with Crippen LogP contribution < -0.4 is 19.7 Å². The van der Waals surface area contributed by atoms with Crippen molar-refractivity contribution in [2.24, 2.45) is 0 Å².